The van der Waals surface area contributed by atoms with E-state index in [1.54, 1.807) is 23.8 Å². The van der Waals surface area contributed by atoms with Crippen LogP contribution in [0.2, 0.25) is 0 Å². The highest BCUT2D eigenvalue weighted by Crippen LogP contribution is 2.27. The molecule has 0 fully saturated rings. The van der Waals surface area contributed by atoms with Crippen LogP contribution in [0.5, 0.6) is 0 Å². The summed E-state index contributed by atoms with van der Waals surface area (Å²) in [6.07, 6.45) is 5.40. The van der Waals surface area contributed by atoms with E-state index in [2.05, 4.69) is 14.7 Å². The number of aromatic nitrogens is 4. The molecule has 1 aromatic carbocycles. The summed E-state index contributed by atoms with van der Waals surface area (Å²) in [4.78, 5) is 8.79. The van der Waals surface area contributed by atoms with Gasteiger partial charge in [0.2, 0.25) is 0 Å². The van der Waals surface area contributed by atoms with Crippen LogP contribution >= 0.6 is 0 Å². The predicted molar refractivity (Wildman–Crippen MR) is 109 cm³/mol. The lowest BCUT2D eigenvalue weighted by atomic mass is 10.1. The molecule has 28 heavy (non-hydrogen) atoms. The van der Waals surface area contributed by atoms with Gasteiger partial charge in [-0.1, -0.05) is 18.2 Å². The molecular formula is C20H21N5O2S. The lowest BCUT2D eigenvalue weighted by Gasteiger charge is -2.10. The second-order valence-electron chi connectivity index (χ2n) is 6.64. The summed E-state index contributed by atoms with van der Waals surface area (Å²) in [5.41, 5.74) is 3.78. The number of aryl methyl sites for hydroxylation is 3. The minimum Gasteiger partial charge on any atom is -0.334 e. The Balaban J connectivity index is 1.70. The third kappa shape index (κ3) is 3.27. The Hall–Kier alpha value is -3.13. The molecule has 0 radical (unpaired) electrons. The first-order chi connectivity index (χ1) is 13.4. The van der Waals surface area contributed by atoms with Crippen LogP contribution in [0.15, 0.2) is 60.0 Å². The lowest BCUT2D eigenvalue weighted by molar-refractivity contribution is 0.598. The number of hydrogen-bond donors (Lipinski definition) is 1. The van der Waals surface area contributed by atoms with Gasteiger partial charge in [0.15, 0.2) is 5.03 Å². The average Bonchev–Trinajstić information content (AvgIpc) is 3.27. The van der Waals surface area contributed by atoms with E-state index in [0.29, 0.717) is 18.1 Å². The summed E-state index contributed by atoms with van der Waals surface area (Å²) in [6, 6.07) is 11.4. The molecule has 4 aromatic rings. The van der Waals surface area contributed by atoms with Gasteiger partial charge in [0.05, 0.1) is 11.4 Å². The molecule has 0 aliphatic carbocycles. The highest BCUT2D eigenvalue weighted by molar-refractivity contribution is 7.92. The number of benzene rings is 1. The molecule has 3 heterocycles. The van der Waals surface area contributed by atoms with Gasteiger partial charge in [-0.25, -0.2) is 9.97 Å². The summed E-state index contributed by atoms with van der Waals surface area (Å²) in [5, 5.41) is 0.0179. The predicted octanol–water partition coefficient (Wildman–Crippen LogP) is 3.64. The normalized spacial score (nSPS) is 11.8. The van der Waals surface area contributed by atoms with Crippen molar-refractivity contribution in [1.29, 1.82) is 0 Å². The number of nitrogens with one attached hydrogen (secondary N) is 1. The van der Waals surface area contributed by atoms with E-state index in [1.807, 2.05) is 61.0 Å². The largest absolute Gasteiger partial charge is 0.334 e. The van der Waals surface area contributed by atoms with E-state index in [-0.39, 0.29) is 5.03 Å². The van der Waals surface area contributed by atoms with Gasteiger partial charge in [0.1, 0.15) is 11.5 Å². The fraction of sp³-hybridized carbons (Fsp3) is 0.200. The van der Waals surface area contributed by atoms with Crippen molar-refractivity contribution in [2.24, 2.45) is 0 Å². The van der Waals surface area contributed by atoms with Crippen LogP contribution in [0, 0.1) is 13.8 Å². The zero-order valence-electron chi connectivity index (χ0n) is 15.9. The van der Waals surface area contributed by atoms with E-state index in [9.17, 15) is 8.42 Å². The highest BCUT2D eigenvalue weighted by atomic mass is 32.2. The smallest absolute Gasteiger partial charge is 0.280 e. The monoisotopic (exact) mass is 395 g/mol. The van der Waals surface area contributed by atoms with Gasteiger partial charge >= 0.3 is 0 Å². The topological polar surface area (TPSA) is 81.3 Å². The van der Waals surface area contributed by atoms with Gasteiger partial charge in [0, 0.05) is 30.7 Å². The Bertz CT molecular complexity index is 1240. The van der Waals surface area contributed by atoms with E-state index in [0.717, 1.165) is 22.5 Å². The summed E-state index contributed by atoms with van der Waals surface area (Å²) in [7, 11) is -3.78. The molecule has 3 aromatic heterocycles. The third-order valence-corrected chi connectivity index (χ3v) is 5.95. The molecule has 0 atom stereocenters. The average molecular weight is 395 g/mol. The molecule has 0 unspecified atom stereocenters. The molecule has 0 amide bonds. The Morgan fingerprint density at radius 2 is 1.89 bits per heavy atom. The molecule has 0 aliphatic heterocycles. The van der Waals surface area contributed by atoms with Crippen molar-refractivity contribution < 1.29 is 8.42 Å². The Kier molecular flexibility index (Phi) is 4.43. The van der Waals surface area contributed by atoms with Gasteiger partial charge in [-0.3, -0.25) is 4.72 Å². The molecule has 1 N–H and O–H groups in total. The molecule has 4 rings (SSSR count). The molecular weight excluding hydrogens is 374 g/mol. The van der Waals surface area contributed by atoms with Crippen LogP contribution in [-0.4, -0.2) is 27.4 Å². The number of pyridine rings is 1. The maximum Gasteiger partial charge on any atom is 0.280 e. The van der Waals surface area contributed by atoms with Gasteiger partial charge in [-0.05, 0) is 44.5 Å². The number of imidazole rings is 2. The van der Waals surface area contributed by atoms with Crippen molar-refractivity contribution in [3.05, 3.63) is 66.4 Å². The van der Waals surface area contributed by atoms with Crippen LogP contribution in [0.1, 0.15) is 18.3 Å². The number of sulfonamides is 1. The van der Waals surface area contributed by atoms with Gasteiger partial charge < -0.3 is 8.97 Å². The second kappa shape index (κ2) is 6.79. The second-order valence-corrected chi connectivity index (χ2v) is 8.27. The number of anilines is 1. The Morgan fingerprint density at radius 3 is 2.61 bits per heavy atom. The summed E-state index contributed by atoms with van der Waals surface area (Å²) in [5.74, 6) is 0.665. The molecule has 7 nitrogen and oxygen atoms in total. The molecule has 0 saturated carbocycles. The van der Waals surface area contributed by atoms with Gasteiger partial charge in [-0.2, -0.15) is 8.42 Å². The Labute approximate surface area is 163 Å². The number of hydrogen-bond acceptors (Lipinski definition) is 4. The van der Waals surface area contributed by atoms with Crippen molar-refractivity contribution in [1.82, 2.24) is 18.9 Å². The SMILES string of the molecule is CCn1cc(S(=O)(=O)Nc2cc(-c3cn4ccccc4n3)ccc2C)nc1C. The van der Waals surface area contributed by atoms with Crippen molar-refractivity contribution >= 4 is 21.4 Å². The standard InChI is InChI=1S/C20H21N5O2S/c1-4-24-13-20(21-15(24)3)28(26,27)23-17-11-16(9-8-14(17)2)18-12-25-10-6-5-7-19(25)22-18/h5-13,23H,4H2,1-3H3. The number of fused-ring (bicyclic) bond motifs is 1. The fourth-order valence-corrected chi connectivity index (χ4v) is 4.22. The first-order valence-electron chi connectivity index (χ1n) is 8.99. The minimum atomic E-state index is -3.78. The van der Waals surface area contributed by atoms with Gasteiger partial charge in [0.25, 0.3) is 10.0 Å². The van der Waals surface area contributed by atoms with Crippen molar-refractivity contribution in [2.75, 3.05) is 4.72 Å². The molecule has 0 aliphatic rings. The third-order valence-electron chi connectivity index (χ3n) is 4.71. The van der Waals surface area contributed by atoms with E-state index in [4.69, 9.17) is 0 Å². The van der Waals surface area contributed by atoms with Crippen molar-refractivity contribution in [3.63, 3.8) is 0 Å². The number of nitrogens with zero attached hydrogens (tertiary/aromatic N) is 4. The fourth-order valence-electron chi connectivity index (χ4n) is 3.09. The highest BCUT2D eigenvalue weighted by Gasteiger charge is 2.20. The first-order valence-corrected chi connectivity index (χ1v) is 10.5. The van der Waals surface area contributed by atoms with Crippen molar-refractivity contribution in [2.45, 2.75) is 32.3 Å². The zero-order valence-corrected chi connectivity index (χ0v) is 16.7. The minimum absolute atomic E-state index is 0.0179. The summed E-state index contributed by atoms with van der Waals surface area (Å²) in [6.45, 7) is 6.26. The van der Waals surface area contributed by atoms with Gasteiger partial charge in [-0.15, -0.1) is 0 Å². The van der Waals surface area contributed by atoms with E-state index >= 15 is 0 Å². The van der Waals surface area contributed by atoms with Crippen LogP contribution in [-0.2, 0) is 16.6 Å². The molecule has 0 saturated heterocycles. The van der Waals surface area contributed by atoms with Crippen LogP contribution in [0.25, 0.3) is 16.9 Å². The van der Waals surface area contributed by atoms with Crippen LogP contribution in [0.3, 0.4) is 0 Å². The first kappa shape index (κ1) is 18.2. The zero-order chi connectivity index (χ0) is 19.9. The quantitative estimate of drug-likeness (QED) is 0.559. The van der Waals surface area contributed by atoms with Crippen LogP contribution < -0.4 is 4.72 Å². The number of rotatable bonds is 5. The molecule has 0 spiro atoms. The summed E-state index contributed by atoms with van der Waals surface area (Å²) < 4.78 is 32.0. The molecule has 144 valence electrons. The molecule has 0 bridgehead atoms. The van der Waals surface area contributed by atoms with Crippen LogP contribution in [0.4, 0.5) is 5.69 Å². The molecule has 8 heteroatoms. The van der Waals surface area contributed by atoms with E-state index < -0.39 is 10.0 Å². The summed E-state index contributed by atoms with van der Waals surface area (Å²) >= 11 is 0. The van der Waals surface area contributed by atoms with E-state index in [1.165, 1.54) is 0 Å². The maximum atomic E-state index is 12.8. The van der Waals surface area contributed by atoms with Crippen molar-refractivity contribution in [3.8, 4) is 11.3 Å². The maximum absolute atomic E-state index is 12.8. The lowest BCUT2D eigenvalue weighted by Crippen LogP contribution is -2.14. The Morgan fingerprint density at radius 1 is 1.07 bits per heavy atom.